The molecular weight excluding hydrogens is 227 g/mol. The molecule has 0 radical (unpaired) electrons. The number of aromatic nitrogens is 1. The third-order valence-corrected chi connectivity index (χ3v) is 3.75. The van der Waals surface area contributed by atoms with Crippen molar-refractivity contribution in [1.82, 2.24) is 10.3 Å². The number of pyridine rings is 1. The van der Waals surface area contributed by atoms with E-state index in [1.54, 1.807) is 6.20 Å². The van der Waals surface area contributed by atoms with Crippen molar-refractivity contribution in [2.45, 2.75) is 24.9 Å². The summed E-state index contributed by atoms with van der Waals surface area (Å²) in [6, 6.07) is 9.61. The van der Waals surface area contributed by atoms with E-state index in [2.05, 4.69) is 10.3 Å². The molecule has 0 bridgehead atoms. The Hall–Kier alpha value is -1.48. The Labute approximate surface area is 106 Å². The molecule has 1 atom stereocenters. The smallest absolute Gasteiger partial charge is 0.137 e. The van der Waals surface area contributed by atoms with Gasteiger partial charge in [-0.2, -0.15) is 0 Å². The highest BCUT2D eigenvalue weighted by atomic mass is 19.1. The number of rotatable bonds is 1. The molecule has 1 aromatic heterocycles. The van der Waals surface area contributed by atoms with Crippen molar-refractivity contribution >= 4 is 10.9 Å². The summed E-state index contributed by atoms with van der Waals surface area (Å²) in [6.45, 7) is 1.65. The van der Waals surface area contributed by atoms with E-state index in [0.717, 1.165) is 36.0 Å². The molecule has 0 amide bonds. The summed E-state index contributed by atoms with van der Waals surface area (Å²) in [7, 11) is 0. The van der Waals surface area contributed by atoms with Crippen molar-refractivity contribution in [2.24, 2.45) is 0 Å². The van der Waals surface area contributed by atoms with Crippen LogP contribution < -0.4 is 5.32 Å². The highest BCUT2D eigenvalue weighted by molar-refractivity contribution is 5.82. The lowest BCUT2D eigenvalue weighted by Gasteiger charge is -2.25. The Balaban J connectivity index is 2.12. The summed E-state index contributed by atoms with van der Waals surface area (Å²) < 4.78 is 15.2. The molecule has 2 nitrogen and oxygen atoms in total. The van der Waals surface area contributed by atoms with Crippen molar-refractivity contribution in [3.8, 4) is 0 Å². The molecule has 0 spiro atoms. The fourth-order valence-corrected chi connectivity index (χ4v) is 2.79. The van der Waals surface area contributed by atoms with Gasteiger partial charge in [0.1, 0.15) is 5.67 Å². The minimum absolute atomic E-state index is 0.543. The first-order valence-electron chi connectivity index (χ1n) is 6.53. The van der Waals surface area contributed by atoms with Crippen LogP contribution >= 0.6 is 0 Å². The summed E-state index contributed by atoms with van der Waals surface area (Å²) in [6.07, 6.45) is 3.77. The zero-order valence-corrected chi connectivity index (χ0v) is 10.3. The lowest BCUT2D eigenvalue weighted by atomic mass is 9.86. The Morgan fingerprint density at radius 3 is 3.00 bits per heavy atom. The highest BCUT2D eigenvalue weighted by Crippen LogP contribution is 2.38. The summed E-state index contributed by atoms with van der Waals surface area (Å²) in [5.74, 6) is 0. The van der Waals surface area contributed by atoms with Crippen LogP contribution in [0.1, 0.15) is 24.8 Å². The van der Waals surface area contributed by atoms with Crippen LogP contribution in [0.2, 0.25) is 0 Å². The van der Waals surface area contributed by atoms with E-state index in [1.807, 2.05) is 30.3 Å². The summed E-state index contributed by atoms with van der Waals surface area (Å²) >= 11 is 0. The van der Waals surface area contributed by atoms with E-state index in [9.17, 15) is 0 Å². The van der Waals surface area contributed by atoms with Gasteiger partial charge in [0.05, 0.1) is 5.52 Å². The van der Waals surface area contributed by atoms with Gasteiger partial charge in [-0.3, -0.25) is 4.98 Å². The maximum absolute atomic E-state index is 15.2. The number of benzene rings is 1. The Kier molecular flexibility index (Phi) is 3.00. The molecule has 18 heavy (non-hydrogen) atoms. The van der Waals surface area contributed by atoms with Gasteiger partial charge in [0.15, 0.2) is 0 Å². The number of nitrogens with zero attached hydrogens (tertiary/aromatic N) is 1. The summed E-state index contributed by atoms with van der Waals surface area (Å²) in [5.41, 5.74) is 0.465. The van der Waals surface area contributed by atoms with Crippen LogP contribution in [0.25, 0.3) is 10.9 Å². The van der Waals surface area contributed by atoms with Gasteiger partial charge in [-0.25, -0.2) is 4.39 Å². The predicted molar refractivity (Wildman–Crippen MR) is 71.2 cm³/mol. The van der Waals surface area contributed by atoms with Crippen LogP contribution in [-0.2, 0) is 5.67 Å². The molecule has 0 aliphatic carbocycles. The van der Waals surface area contributed by atoms with Crippen LogP contribution in [0, 0.1) is 0 Å². The first-order valence-corrected chi connectivity index (χ1v) is 6.53. The minimum Gasteiger partial charge on any atom is -0.317 e. The monoisotopic (exact) mass is 244 g/mol. The predicted octanol–water partition coefficient (Wildman–Crippen LogP) is 3.17. The van der Waals surface area contributed by atoms with E-state index < -0.39 is 5.67 Å². The number of alkyl halides is 1. The maximum atomic E-state index is 15.2. The van der Waals surface area contributed by atoms with Gasteiger partial charge in [-0.05, 0) is 50.0 Å². The normalized spacial score (nSPS) is 24.9. The summed E-state index contributed by atoms with van der Waals surface area (Å²) in [5, 5.41) is 4.21. The first-order chi connectivity index (χ1) is 8.80. The molecule has 1 N–H and O–H groups in total. The molecule has 1 saturated heterocycles. The van der Waals surface area contributed by atoms with E-state index in [-0.39, 0.29) is 0 Å². The van der Waals surface area contributed by atoms with Gasteiger partial charge >= 0.3 is 0 Å². The fourth-order valence-electron chi connectivity index (χ4n) is 2.79. The van der Waals surface area contributed by atoms with E-state index in [4.69, 9.17) is 0 Å². The SMILES string of the molecule is FC1(c2cccc3ncccc23)CCCNCC1. The molecule has 2 aromatic rings. The molecule has 94 valence electrons. The third kappa shape index (κ3) is 1.99. The van der Waals surface area contributed by atoms with E-state index >= 15 is 4.39 Å². The molecule has 1 fully saturated rings. The number of fused-ring (bicyclic) bond motifs is 1. The van der Waals surface area contributed by atoms with Gasteiger partial charge in [-0.1, -0.05) is 18.2 Å². The molecule has 1 aromatic carbocycles. The number of nitrogens with one attached hydrogen (secondary N) is 1. The Bertz CT molecular complexity index is 540. The lowest BCUT2D eigenvalue weighted by Crippen LogP contribution is -2.22. The molecule has 0 saturated carbocycles. The van der Waals surface area contributed by atoms with Crippen LogP contribution in [-0.4, -0.2) is 18.1 Å². The van der Waals surface area contributed by atoms with Gasteiger partial charge < -0.3 is 5.32 Å². The number of hydrogen-bond donors (Lipinski definition) is 1. The van der Waals surface area contributed by atoms with Crippen molar-refractivity contribution in [3.05, 3.63) is 42.1 Å². The molecule has 1 aliphatic heterocycles. The Morgan fingerprint density at radius 2 is 2.06 bits per heavy atom. The molecule has 3 rings (SSSR count). The quantitative estimate of drug-likeness (QED) is 0.833. The topological polar surface area (TPSA) is 24.9 Å². The second-order valence-corrected chi connectivity index (χ2v) is 4.94. The average Bonchev–Trinajstić information content (AvgIpc) is 2.64. The minimum atomic E-state index is -1.22. The molecule has 1 unspecified atom stereocenters. The number of hydrogen-bond acceptors (Lipinski definition) is 2. The van der Waals surface area contributed by atoms with Crippen molar-refractivity contribution in [3.63, 3.8) is 0 Å². The molecule has 2 heterocycles. The first kappa shape index (κ1) is 11.6. The lowest BCUT2D eigenvalue weighted by molar-refractivity contribution is 0.147. The van der Waals surface area contributed by atoms with Crippen molar-refractivity contribution < 1.29 is 4.39 Å². The molecular formula is C15H17FN2. The van der Waals surface area contributed by atoms with Gasteiger partial charge in [-0.15, -0.1) is 0 Å². The van der Waals surface area contributed by atoms with Crippen LogP contribution in [0.5, 0.6) is 0 Å². The van der Waals surface area contributed by atoms with E-state index in [0.29, 0.717) is 12.8 Å². The fraction of sp³-hybridized carbons (Fsp3) is 0.400. The van der Waals surface area contributed by atoms with E-state index in [1.165, 1.54) is 0 Å². The van der Waals surface area contributed by atoms with Gasteiger partial charge in [0.2, 0.25) is 0 Å². The number of halogens is 1. The largest absolute Gasteiger partial charge is 0.317 e. The van der Waals surface area contributed by atoms with Crippen molar-refractivity contribution in [2.75, 3.05) is 13.1 Å². The van der Waals surface area contributed by atoms with Crippen molar-refractivity contribution in [1.29, 1.82) is 0 Å². The molecule has 1 aliphatic rings. The summed E-state index contributed by atoms with van der Waals surface area (Å²) in [4.78, 5) is 4.31. The van der Waals surface area contributed by atoms with Crippen LogP contribution in [0.4, 0.5) is 4.39 Å². The Morgan fingerprint density at radius 1 is 1.11 bits per heavy atom. The standard InChI is InChI=1S/C15H17FN2/c16-15(7-3-9-17-11-8-15)13-5-1-6-14-12(13)4-2-10-18-14/h1-2,4-6,10,17H,3,7-9,11H2. The maximum Gasteiger partial charge on any atom is 0.137 e. The third-order valence-electron chi connectivity index (χ3n) is 3.75. The second kappa shape index (κ2) is 4.65. The highest BCUT2D eigenvalue weighted by Gasteiger charge is 2.33. The zero-order chi connectivity index (χ0) is 12.4. The van der Waals surface area contributed by atoms with Gasteiger partial charge in [0.25, 0.3) is 0 Å². The zero-order valence-electron chi connectivity index (χ0n) is 10.3. The van der Waals surface area contributed by atoms with Gasteiger partial charge in [0, 0.05) is 11.6 Å². The molecule has 3 heteroatoms. The van der Waals surface area contributed by atoms with Crippen LogP contribution in [0.15, 0.2) is 36.5 Å². The average molecular weight is 244 g/mol. The second-order valence-electron chi connectivity index (χ2n) is 4.94. The van der Waals surface area contributed by atoms with Crippen LogP contribution in [0.3, 0.4) is 0 Å².